The van der Waals surface area contributed by atoms with Gasteiger partial charge in [-0.05, 0) is 27.7 Å². The summed E-state index contributed by atoms with van der Waals surface area (Å²) in [5.41, 5.74) is 1.76. The molecular formula is C12H21NO7. The molecule has 20 heavy (non-hydrogen) atoms. The second-order valence-corrected chi connectivity index (χ2v) is 6.28. The minimum Gasteiger partial charge on any atom is -0.350 e. The van der Waals surface area contributed by atoms with E-state index in [4.69, 9.17) is 23.7 Å². The van der Waals surface area contributed by atoms with E-state index >= 15 is 0 Å². The lowest BCUT2D eigenvalue weighted by molar-refractivity contribution is -0.324. The fourth-order valence-electron chi connectivity index (χ4n) is 2.93. The van der Waals surface area contributed by atoms with Gasteiger partial charge in [-0.2, -0.15) is 0 Å². The van der Waals surface area contributed by atoms with Gasteiger partial charge in [-0.3, -0.25) is 0 Å². The molecule has 0 aliphatic carbocycles. The fourth-order valence-corrected chi connectivity index (χ4v) is 2.93. The Labute approximate surface area is 116 Å². The number of fused-ring (bicyclic) bond motifs is 1. The minimum atomic E-state index is -2.03. The summed E-state index contributed by atoms with van der Waals surface area (Å²) >= 11 is 0. The van der Waals surface area contributed by atoms with Gasteiger partial charge in [0.2, 0.25) is 0 Å². The lowest BCUT2D eigenvalue weighted by Gasteiger charge is -2.29. The Balaban J connectivity index is 1.83. The summed E-state index contributed by atoms with van der Waals surface area (Å²) in [6, 6.07) is 0. The highest BCUT2D eigenvalue weighted by atomic mass is 16.8. The molecule has 3 fully saturated rings. The third kappa shape index (κ3) is 2.26. The van der Waals surface area contributed by atoms with E-state index in [1.54, 1.807) is 33.2 Å². The first kappa shape index (κ1) is 14.6. The van der Waals surface area contributed by atoms with Crippen molar-refractivity contribution >= 4 is 0 Å². The van der Waals surface area contributed by atoms with Crippen LogP contribution < -0.4 is 5.48 Å². The SMILES string of the molecule is CC1(C)OC[C@H]([C@H]2O[C@@](O)(NO)[C@H]3OC(C)(C)O[C@@H]23)O1. The van der Waals surface area contributed by atoms with Crippen LogP contribution in [0.4, 0.5) is 0 Å². The van der Waals surface area contributed by atoms with Crippen LogP contribution in [0.25, 0.3) is 0 Å². The van der Waals surface area contributed by atoms with Crippen LogP contribution in [0.2, 0.25) is 0 Å². The molecule has 0 aromatic rings. The molecule has 0 aromatic heterocycles. The van der Waals surface area contributed by atoms with E-state index in [0.717, 1.165) is 0 Å². The third-order valence-electron chi connectivity index (χ3n) is 3.71. The van der Waals surface area contributed by atoms with Gasteiger partial charge in [-0.1, -0.05) is 0 Å². The van der Waals surface area contributed by atoms with E-state index in [-0.39, 0.29) is 0 Å². The van der Waals surface area contributed by atoms with Crippen molar-refractivity contribution in [2.45, 2.75) is 69.6 Å². The van der Waals surface area contributed by atoms with Crippen LogP contribution in [0.5, 0.6) is 0 Å². The zero-order valence-electron chi connectivity index (χ0n) is 12.0. The molecule has 3 aliphatic rings. The van der Waals surface area contributed by atoms with Gasteiger partial charge in [-0.25, -0.2) is 0 Å². The van der Waals surface area contributed by atoms with Crippen molar-refractivity contribution in [3.05, 3.63) is 0 Å². The van der Waals surface area contributed by atoms with Crippen molar-refractivity contribution in [1.82, 2.24) is 5.48 Å². The van der Waals surface area contributed by atoms with Crippen LogP contribution in [-0.2, 0) is 23.7 Å². The highest BCUT2D eigenvalue weighted by Crippen LogP contribution is 2.44. The number of aliphatic hydroxyl groups is 1. The zero-order valence-corrected chi connectivity index (χ0v) is 12.0. The fraction of sp³-hybridized carbons (Fsp3) is 1.00. The largest absolute Gasteiger partial charge is 0.350 e. The first-order valence-corrected chi connectivity index (χ1v) is 6.65. The second-order valence-electron chi connectivity index (χ2n) is 6.28. The van der Waals surface area contributed by atoms with E-state index in [0.29, 0.717) is 6.61 Å². The van der Waals surface area contributed by atoms with Gasteiger partial charge in [0, 0.05) is 0 Å². The maximum absolute atomic E-state index is 10.3. The quantitative estimate of drug-likeness (QED) is 0.470. The first-order chi connectivity index (χ1) is 9.16. The maximum Gasteiger partial charge on any atom is 0.277 e. The molecule has 8 heteroatoms. The van der Waals surface area contributed by atoms with Crippen molar-refractivity contribution in [3.63, 3.8) is 0 Å². The Morgan fingerprint density at radius 3 is 2.20 bits per heavy atom. The maximum atomic E-state index is 10.3. The Hall–Kier alpha value is -0.320. The predicted molar refractivity (Wildman–Crippen MR) is 63.5 cm³/mol. The van der Waals surface area contributed by atoms with Crippen molar-refractivity contribution in [2.24, 2.45) is 0 Å². The summed E-state index contributed by atoms with van der Waals surface area (Å²) in [4.78, 5) is 0. The number of hydrogen-bond acceptors (Lipinski definition) is 8. The molecule has 3 aliphatic heterocycles. The minimum absolute atomic E-state index is 0.312. The van der Waals surface area contributed by atoms with Crippen molar-refractivity contribution in [3.8, 4) is 0 Å². The van der Waals surface area contributed by atoms with Crippen LogP contribution >= 0.6 is 0 Å². The predicted octanol–water partition coefficient (Wildman–Crippen LogP) is -0.318. The van der Waals surface area contributed by atoms with Crippen molar-refractivity contribution in [2.75, 3.05) is 6.61 Å². The average molecular weight is 291 g/mol. The highest BCUT2D eigenvalue weighted by molar-refractivity contribution is 5.03. The highest BCUT2D eigenvalue weighted by Gasteiger charge is 2.65. The summed E-state index contributed by atoms with van der Waals surface area (Å²) in [7, 11) is 0. The molecule has 0 spiro atoms. The normalized spacial score (nSPS) is 49.5. The topological polar surface area (TPSA) is 98.6 Å². The molecule has 0 saturated carbocycles. The number of rotatable bonds is 2. The molecular weight excluding hydrogens is 270 g/mol. The molecule has 8 nitrogen and oxygen atoms in total. The van der Waals surface area contributed by atoms with Crippen LogP contribution in [0.1, 0.15) is 27.7 Å². The second kappa shape index (κ2) is 4.34. The van der Waals surface area contributed by atoms with Crippen LogP contribution in [0, 0.1) is 0 Å². The Bertz CT molecular complexity index is 401. The number of hydroxylamine groups is 1. The van der Waals surface area contributed by atoms with Gasteiger partial charge in [0.15, 0.2) is 17.7 Å². The Morgan fingerprint density at radius 1 is 0.950 bits per heavy atom. The molecule has 5 atom stereocenters. The van der Waals surface area contributed by atoms with Gasteiger partial charge in [0.25, 0.3) is 5.91 Å². The van der Waals surface area contributed by atoms with Gasteiger partial charge >= 0.3 is 0 Å². The van der Waals surface area contributed by atoms with Crippen molar-refractivity contribution < 1.29 is 34.0 Å². The number of hydrogen-bond donors (Lipinski definition) is 3. The van der Waals surface area contributed by atoms with Crippen LogP contribution in [0.3, 0.4) is 0 Å². The van der Waals surface area contributed by atoms with Crippen LogP contribution in [-0.4, -0.2) is 58.8 Å². The molecule has 116 valence electrons. The van der Waals surface area contributed by atoms with Gasteiger partial charge in [0.1, 0.15) is 18.3 Å². The third-order valence-corrected chi connectivity index (χ3v) is 3.71. The summed E-state index contributed by atoms with van der Waals surface area (Å²) in [6.07, 6.45) is -2.47. The molecule has 3 heterocycles. The average Bonchev–Trinajstić information content (AvgIpc) is 2.92. The first-order valence-electron chi connectivity index (χ1n) is 6.65. The molecule has 3 saturated heterocycles. The standard InChI is InChI=1S/C12H21NO7/c1-10(2)16-5-6(17-10)7-8-9(12(14,13-15)19-7)20-11(3,4)18-8/h6-9,13-15H,5H2,1-4H3/t6-,7-,8+,9+,12-/m1/s1. The van der Waals surface area contributed by atoms with E-state index < -0.39 is 41.9 Å². The molecule has 0 bridgehead atoms. The molecule has 0 amide bonds. The van der Waals surface area contributed by atoms with Gasteiger partial charge in [0.05, 0.1) is 6.61 Å². The Kier molecular flexibility index (Phi) is 3.17. The summed E-state index contributed by atoms with van der Waals surface area (Å²) in [5, 5.41) is 19.5. The lowest BCUT2D eigenvalue weighted by atomic mass is 10.1. The molecule has 0 aromatic carbocycles. The number of nitrogens with one attached hydrogen (secondary N) is 1. The van der Waals surface area contributed by atoms with E-state index in [1.807, 2.05) is 0 Å². The van der Waals surface area contributed by atoms with E-state index in [2.05, 4.69) is 0 Å². The monoisotopic (exact) mass is 291 g/mol. The smallest absolute Gasteiger partial charge is 0.277 e. The van der Waals surface area contributed by atoms with E-state index in [1.165, 1.54) is 0 Å². The Morgan fingerprint density at radius 2 is 1.65 bits per heavy atom. The molecule has 3 N–H and O–H groups in total. The van der Waals surface area contributed by atoms with Gasteiger partial charge < -0.3 is 34.0 Å². The molecule has 0 unspecified atom stereocenters. The summed E-state index contributed by atoms with van der Waals surface area (Å²) in [5.74, 6) is -3.62. The summed E-state index contributed by atoms with van der Waals surface area (Å²) < 4.78 is 28.1. The molecule has 0 radical (unpaired) electrons. The summed E-state index contributed by atoms with van der Waals surface area (Å²) in [6.45, 7) is 7.37. The zero-order chi connectivity index (χ0) is 14.8. The van der Waals surface area contributed by atoms with Crippen LogP contribution in [0.15, 0.2) is 0 Å². The van der Waals surface area contributed by atoms with Crippen molar-refractivity contribution in [1.29, 1.82) is 0 Å². The lowest BCUT2D eigenvalue weighted by Crippen LogP contribution is -2.53. The van der Waals surface area contributed by atoms with Gasteiger partial charge in [-0.15, -0.1) is 5.48 Å². The molecule has 3 rings (SSSR count). The van der Waals surface area contributed by atoms with E-state index in [9.17, 15) is 10.3 Å². The number of ether oxygens (including phenoxy) is 5.